The van der Waals surface area contributed by atoms with Crippen LogP contribution < -0.4 is 0 Å². The maximum Gasteiger partial charge on any atom is 0.270 e. The van der Waals surface area contributed by atoms with Crippen molar-refractivity contribution in [2.75, 3.05) is 0 Å². The second-order valence-electron chi connectivity index (χ2n) is 8.40. The summed E-state index contributed by atoms with van der Waals surface area (Å²) < 4.78 is 4.16. The fourth-order valence-electron chi connectivity index (χ4n) is 4.99. The van der Waals surface area contributed by atoms with Crippen LogP contribution in [0.15, 0.2) is 91.3 Å². The van der Waals surface area contributed by atoms with Gasteiger partial charge in [-0.05, 0) is 36.4 Å². The molecule has 2 aromatic carbocycles. The Balaban J connectivity index is 1.53. The van der Waals surface area contributed by atoms with Gasteiger partial charge in [-0.15, -0.1) is 9.97 Å². The molecule has 7 rings (SSSR count). The summed E-state index contributed by atoms with van der Waals surface area (Å²) in [5.41, 5.74) is 3.76. The molecule has 0 atom stereocenters. The third-order valence-electron chi connectivity index (χ3n) is 6.50. The highest BCUT2D eigenvalue weighted by atomic mass is 15.1. The Hall–Kier alpha value is -5.53. The van der Waals surface area contributed by atoms with E-state index in [0.29, 0.717) is 11.6 Å². The van der Waals surface area contributed by atoms with Crippen LogP contribution in [0.4, 0.5) is 11.6 Å². The average Bonchev–Trinajstić information content (AvgIpc) is 3.45. The minimum absolute atomic E-state index is 0.365. The second-order valence-corrected chi connectivity index (χ2v) is 8.40. The van der Waals surface area contributed by atoms with Gasteiger partial charge in [-0.25, -0.2) is 4.98 Å². The monoisotopic (exact) mass is 461 g/mol. The highest BCUT2D eigenvalue weighted by Crippen LogP contribution is 2.35. The normalized spacial score (nSPS) is 11.3. The number of pyridine rings is 3. The quantitative estimate of drug-likeness (QED) is 0.257. The number of nitrogens with zero attached hydrogens (tertiary/aromatic N) is 7. The van der Waals surface area contributed by atoms with Gasteiger partial charge in [0.25, 0.3) is 11.6 Å². The molecular weight excluding hydrogens is 446 g/mol. The van der Waals surface area contributed by atoms with Crippen molar-refractivity contribution in [3.63, 3.8) is 0 Å². The third kappa shape index (κ3) is 2.74. The molecule has 36 heavy (non-hydrogen) atoms. The van der Waals surface area contributed by atoms with E-state index in [4.69, 9.17) is 18.1 Å². The van der Waals surface area contributed by atoms with Crippen LogP contribution in [0.1, 0.15) is 0 Å². The van der Waals surface area contributed by atoms with Gasteiger partial charge in [0.15, 0.2) is 0 Å². The molecule has 0 N–H and O–H groups in total. The SMILES string of the molecule is [C-]#[N+]c1cc2c3ccccc3n(-c3cccc(-n4c5ccccc5c5cc([N+]#[C-])ncc54)n3)c2cn1. The Bertz CT molecular complexity index is 1940. The van der Waals surface area contributed by atoms with E-state index in [2.05, 4.69) is 53.1 Å². The Morgan fingerprint density at radius 1 is 0.528 bits per heavy atom. The molecule has 5 aromatic heterocycles. The number of hydrogen-bond donors (Lipinski definition) is 0. The average molecular weight is 461 g/mol. The molecule has 0 aliphatic carbocycles. The van der Waals surface area contributed by atoms with E-state index in [-0.39, 0.29) is 0 Å². The number of hydrogen-bond acceptors (Lipinski definition) is 3. The van der Waals surface area contributed by atoms with E-state index in [9.17, 15) is 0 Å². The molecule has 5 heterocycles. The molecule has 7 nitrogen and oxygen atoms in total. The molecule has 0 unspecified atom stereocenters. The fourth-order valence-corrected chi connectivity index (χ4v) is 4.99. The fraction of sp³-hybridized carbons (Fsp3) is 0. The van der Waals surface area contributed by atoms with Crippen LogP contribution in [0.3, 0.4) is 0 Å². The van der Waals surface area contributed by atoms with Crippen LogP contribution in [0.5, 0.6) is 0 Å². The molecule has 0 bridgehead atoms. The van der Waals surface area contributed by atoms with Gasteiger partial charge >= 0.3 is 0 Å². The van der Waals surface area contributed by atoms with Gasteiger partial charge in [-0.2, -0.15) is 0 Å². The first-order valence-corrected chi connectivity index (χ1v) is 11.3. The van der Waals surface area contributed by atoms with Crippen LogP contribution >= 0.6 is 0 Å². The maximum absolute atomic E-state index is 7.38. The smallest absolute Gasteiger partial charge is 0.270 e. The van der Waals surface area contributed by atoms with Crippen LogP contribution in [-0.4, -0.2) is 24.1 Å². The third-order valence-corrected chi connectivity index (χ3v) is 6.50. The molecule has 0 saturated heterocycles. The number of fused-ring (bicyclic) bond motifs is 6. The Kier molecular flexibility index (Phi) is 4.14. The molecule has 166 valence electrons. The first kappa shape index (κ1) is 19.9. The predicted molar refractivity (Wildman–Crippen MR) is 141 cm³/mol. The number of benzene rings is 2. The van der Waals surface area contributed by atoms with Gasteiger partial charge in [-0.1, -0.05) is 55.6 Å². The van der Waals surface area contributed by atoms with Gasteiger partial charge in [0.05, 0.1) is 22.1 Å². The molecule has 0 amide bonds. The van der Waals surface area contributed by atoms with Crippen molar-refractivity contribution >= 4 is 55.2 Å². The van der Waals surface area contributed by atoms with E-state index in [1.165, 1.54) is 0 Å². The van der Waals surface area contributed by atoms with Crippen molar-refractivity contribution in [2.45, 2.75) is 0 Å². The van der Waals surface area contributed by atoms with E-state index < -0.39 is 0 Å². The van der Waals surface area contributed by atoms with Crippen molar-refractivity contribution in [1.82, 2.24) is 24.1 Å². The molecular formula is C29H15N7. The Labute approximate surface area is 205 Å². The zero-order valence-electron chi connectivity index (χ0n) is 18.8. The molecule has 0 aliphatic heterocycles. The maximum atomic E-state index is 7.38. The van der Waals surface area contributed by atoms with E-state index in [1.807, 2.05) is 54.6 Å². The summed E-state index contributed by atoms with van der Waals surface area (Å²) in [6.45, 7) is 14.8. The van der Waals surface area contributed by atoms with Crippen molar-refractivity contribution in [1.29, 1.82) is 0 Å². The van der Waals surface area contributed by atoms with E-state index in [1.54, 1.807) is 12.4 Å². The predicted octanol–water partition coefficient (Wildman–Crippen LogP) is 7.17. The zero-order chi connectivity index (χ0) is 24.2. The zero-order valence-corrected chi connectivity index (χ0v) is 18.8. The summed E-state index contributed by atoms with van der Waals surface area (Å²) >= 11 is 0. The summed E-state index contributed by atoms with van der Waals surface area (Å²) in [5.74, 6) is 2.22. The van der Waals surface area contributed by atoms with Gasteiger partial charge in [0.1, 0.15) is 24.0 Å². The lowest BCUT2D eigenvalue weighted by Crippen LogP contribution is -2.03. The van der Waals surface area contributed by atoms with Crippen molar-refractivity contribution in [3.05, 3.63) is 114 Å². The topological polar surface area (TPSA) is 57.2 Å². The van der Waals surface area contributed by atoms with Crippen LogP contribution in [0, 0.1) is 13.1 Å². The lowest BCUT2D eigenvalue weighted by Gasteiger charge is -2.10. The van der Waals surface area contributed by atoms with Crippen molar-refractivity contribution < 1.29 is 0 Å². The number of aromatic nitrogens is 5. The van der Waals surface area contributed by atoms with E-state index >= 15 is 0 Å². The van der Waals surface area contributed by atoms with Crippen LogP contribution in [0.25, 0.3) is 64.9 Å². The molecule has 0 fully saturated rings. The van der Waals surface area contributed by atoms with Gasteiger partial charge in [0.2, 0.25) is 0 Å². The first-order chi connectivity index (χ1) is 17.8. The number of rotatable bonds is 2. The summed E-state index contributed by atoms with van der Waals surface area (Å²) in [7, 11) is 0. The summed E-state index contributed by atoms with van der Waals surface area (Å²) in [4.78, 5) is 20.8. The molecule has 7 heteroatoms. The van der Waals surface area contributed by atoms with Gasteiger partial charge in [-0.3, -0.25) is 9.13 Å². The lowest BCUT2D eigenvalue weighted by molar-refractivity contribution is 1.01. The van der Waals surface area contributed by atoms with E-state index in [0.717, 1.165) is 55.2 Å². The highest BCUT2D eigenvalue weighted by Gasteiger charge is 2.18. The standard InChI is InChI=1S/C29H15N7/c1-30-26-14-20-18-8-3-5-10-22(18)35(24(20)16-32-26)28-12-7-13-29(34-28)36-23-11-6-4-9-19(23)21-15-27(31-2)33-17-25(21)36/h3-17H. The van der Waals surface area contributed by atoms with Crippen LogP contribution in [0.2, 0.25) is 0 Å². The summed E-state index contributed by atoms with van der Waals surface area (Å²) in [6.07, 6.45) is 3.49. The van der Waals surface area contributed by atoms with Crippen LogP contribution in [-0.2, 0) is 0 Å². The Morgan fingerprint density at radius 3 is 1.47 bits per heavy atom. The minimum Gasteiger partial charge on any atom is -0.361 e. The molecule has 0 saturated carbocycles. The summed E-state index contributed by atoms with van der Waals surface area (Å²) in [6, 6.07) is 25.8. The largest absolute Gasteiger partial charge is 0.361 e. The second kappa shape index (κ2) is 7.49. The Morgan fingerprint density at radius 2 is 1.00 bits per heavy atom. The van der Waals surface area contributed by atoms with Crippen molar-refractivity contribution in [2.24, 2.45) is 0 Å². The molecule has 0 spiro atoms. The lowest BCUT2D eigenvalue weighted by atomic mass is 10.2. The van der Waals surface area contributed by atoms with Crippen molar-refractivity contribution in [3.8, 4) is 11.6 Å². The van der Waals surface area contributed by atoms with Gasteiger partial charge in [0, 0.05) is 21.5 Å². The highest BCUT2D eigenvalue weighted by molar-refractivity contribution is 6.10. The molecule has 7 aromatic rings. The molecule has 0 aliphatic rings. The minimum atomic E-state index is 0.365. The summed E-state index contributed by atoms with van der Waals surface area (Å²) in [5, 5.41) is 4.01. The number of para-hydroxylation sites is 2. The molecule has 0 radical (unpaired) electrons. The first-order valence-electron chi connectivity index (χ1n) is 11.3. The van der Waals surface area contributed by atoms with Gasteiger partial charge < -0.3 is 9.69 Å².